The number of allylic oxidation sites excluding steroid dienone is 12. The summed E-state index contributed by atoms with van der Waals surface area (Å²) in [5.74, 6) is -0.873. The van der Waals surface area contributed by atoms with E-state index in [-0.39, 0.29) is 26.1 Å². The average molecular weight is 765 g/mol. The Bertz CT molecular complexity index is 1140. The smallest absolute Gasteiger partial charge is 0.462 e. The minimum absolute atomic E-state index is 0.0173. The molecule has 1 N–H and O–H groups in total. The van der Waals surface area contributed by atoms with E-state index in [2.05, 4.69) is 86.8 Å². The van der Waals surface area contributed by atoms with Crippen LogP contribution in [0.5, 0.6) is 0 Å². The number of carbonyl (C=O) groups excluding carboxylic acids is 2. The molecule has 0 aliphatic carbocycles. The van der Waals surface area contributed by atoms with Gasteiger partial charge in [-0.15, -0.1) is 0 Å². The molecule has 0 aliphatic rings. The second-order valence-corrected chi connectivity index (χ2v) is 15.7. The molecule has 0 amide bonds. The first-order chi connectivity index (χ1) is 25.5. The number of likely N-dealkylation sites (N-methyl/N-ethyl adjacent to an activating group) is 1. The zero-order chi connectivity index (χ0) is 39.3. The summed E-state index contributed by atoms with van der Waals surface area (Å²) in [6, 6.07) is 0. The molecule has 0 aromatic carbocycles. The van der Waals surface area contributed by atoms with E-state index >= 15 is 0 Å². The molecule has 0 rings (SSSR count). The van der Waals surface area contributed by atoms with Gasteiger partial charge in [0, 0.05) is 12.8 Å². The van der Waals surface area contributed by atoms with Gasteiger partial charge in [0.25, 0.3) is 0 Å². The molecule has 0 aromatic rings. The van der Waals surface area contributed by atoms with Gasteiger partial charge >= 0.3 is 19.8 Å². The molecular formula is C43H75NO8P+. The molecule has 304 valence electrons. The van der Waals surface area contributed by atoms with Crippen LogP contribution in [0, 0.1) is 0 Å². The van der Waals surface area contributed by atoms with Gasteiger partial charge in [-0.1, -0.05) is 119 Å². The Morgan fingerprint density at radius 2 is 1.08 bits per heavy atom. The van der Waals surface area contributed by atoms with E-state index in [9.17, 15) is 19.0 Å². The summed E-state index contributed by atoms with van der Waals surface area (Å²) < 4.78 is 34.1. The molecule has 10 heteroatoms. The maximum atomic E-state index is 12.6. The molecule has 0 saturated heterocycles. The van der Waals surface area contributed by atoms with Crippen LogP contribution in [0.25, 0.3) is 0 Å². The first-order valence-electron chi connectivity index (χ1n) is 20.2. The number of carbonyl (C=O) groups is 2. The number of hydrogen-bond donors (Lipinski definition) is 1. The molecule has 0 bridgehead atoms. The molecule has 0 spiro atoms. The summed E-state index contributed by atoms with van der Waals surface area (Å²) >= 11 is 0. The van der Waals surface area contributed by atoms with Crippen molar-refractivity contribution >= 4 is 19.8 Å². The lowest BCUT2D eigenvalue weighted by atomic mass is 10.1. The number of rotatable bonds is 35. The Balaban J connectivity index is 4.53. The first kappa shape index (κ1) is 50.5. The van der Waals surface area contributed by atoms with Crippen molar-refractivity contribution in [2.75, 3.05) is 47.5 Å². The Morgan fingerprint density at radius 1 is 0.604 bits per heavy atom. The summed E-state index contributed by atoms with van der Waals surface area (Å²) in [5.41, 5.74) is 0. The molecule has 9 nitrogen and oxygen atoms in total. The van der Waals surface area contributed by atoms with Crippen LogP contribution in [-0.4, -0.2) is 74.9 Å². The number of hydrogen-bond acceptors (Lipinski definition) is 7. The van der Waals surface area contributed by atoms with Crippen LogP contribution in [0.4, 0.5) is 0 Å². The number of ether oxygens (including phenoxy) is 2. The van der Waals surface area contributed by atoms with Crippen molar-refractivity contribution in [1.82, 2.24) is 0 Å². The lowest BCUT2D eigenvalue weighted by Gasteiger charge is -2.24. The number of phosphoric acid groups is 1. The van der Waals surface area contributed by atoms with Crippen LogP contribution in [0.2, 0.25) is 0 Å². The molecule has 0 fully saturated rings. The van der Waals surface area contributed by atoms with Gasteiger partial charge in [0.1, 0.15) is 19.8 Å². The van der Waals surface area contributed by atoms with E-state index in [1.165, 1.54) is 12.8 Å². The fourth-order valence-electron chi connectivity index (χ4n) is 4.78. The Kier molecular flexibility index (Phi) is 33.5. The van der Waals surface area contributed by atoms with Crippen LogP contribution in [0.3, 0.4) is 0 Å². The zero-order valence-corrected chi connectivity index (χ0v) is 34.9. The van der Waals surface area contributed by atoms with Gasteiger partial charge in [-0.3, -0.25) is 18.6 Å². The summed E-state index contributed by atoms with van der Waals surface area (Å²) in [6.45, 7) is 4.17. The summed E-state index contributed by atoms with van der Waals surface area (Å²) in [4.78, 5) is 35.2. The van der Waals surface area contributed by atoms with Gasteiger partial charge in [-0.25, -0.2) is 4.57 Å². The lowest BCUT2D eigenvalue weighted by molar-refractivity contribution is -0.870. The lowest BCUT2D eigenvalue weighted by Crippen LogP contribution is -2.37. The van der Waals surface area contributed by atoms with Crippen molar-refractivity contribution in [3.8, 4) is 0 Å². The molecular weight excluding hydrogens is 689 g/mol. The second kappa shape index (κ2) is 35.2. The molecule has 0 aromatic heterocycles. The van der Waals surface area contributed by atoms with Gasteiger partial charge < -0.3 is 18.9 Å². The SMILES string of the molecule is CC/C=C\C/C=C\C/C=C\C/C=C\CCCCC(=O)O[C@H](COC(=O)CCCCCCC/C=C\C/C=C\CCCC)COP(=O)(O)OCC[N+](C)(C)C. The number of esters is 2. The van der Waals surface area contributed by atoms with Crippen LogP contribution in [0.1, 0.15) is 136 Å². The van der Waals surface area contributed by atoms with Crippen LogP contribution in [0.15, 0.2) is 72.9 Å². The van der Waals surface area contributed by atoms with Crippen molar-refractivity contribution in [3.63, 3.8) is 0 Å². The van der Waals surface area contributed by atoms with Crippen LogP contribution >= 0.6 is 7.82 Å². The van der Waals surface area contributed by atoms with Crippen molar-refractivity contribution in [2.45, 2.75) is 142 Å². The number of phosphoric ester groups is 1. The Morgan fingerprint density at radius 3 is 1.64 bits per heavy atom. The maximum absolute atomic E-state index is 12.6. The molecule has 0 heterocycles. The fraction of sp³-hybridized carbons (Fsp3) is 0.674. The highest BCUT2D eigenvalue weighted by molar-refractivity contribution is 7.47. The average Bonchev–Trinajstić information content (AvgIpc) is 3.10. The Labute approximate surface area is 323 Å². The minimum Gasteiger partial charge on any atom is -0.462 e. The highest BCUT2D eigenvalue weighted by atomic mass is 31.2. The van der Waals surface area contributed by atoms with E-state index < -0.39 is 32.5 Å². The van der Waals surface area contributed by atoms with Gasteiger partial charge in [0.05, 0.1) is 27.7 Å². The normalized spacial score (nSPS) is 14.5. The van der Waals surface area contributed by atoms with E-state index in [0.29, 0.717) is 23.9 Å². The van der Waals surface area contributed by atoms with Gasteiger partial charge in [-0.05, 0) is 77.0 Å². The van der Waals surface area contributed by atoms with Gasteiger partial charge in [0.15, 0.2) is 6.10 Å². The molecule has 1 unspecified atom stereocenters. The monoisotopic (exact) mass is 765 g/mol. The summed E-state index contributed by atoms with van der Waals surface area (Å²) in [5, 5.41) is 0. The maximum Gasteiger partial charge on any atom is 0.472 e. The van der Waals surface area contributed by atoms with Crippen molar-refractivity contribution in [3.05, 3.63) is 72.9 Å². The number of nitrogens with zero attached hydrogens (tertiary/aromatic N) is 1. The van der Waals surface area contributed by atoms with Crippen LogP contribution in [-0.2, 0) is 32.7 Å². The molecule has 0 radical (unpaired) electrons. The quantitative estimate of drug-likeness (QED) is 0.0223. The summed E-state index contributed by atoms with van der Waals surface area (Å²) in [7, 11) is 1.43. The zero-order valence-electron chi connectivity index (χ0n) is 34.0. The highest BCUT2D eigenvalue weighted by Gasteiger charge is 2.27. The molecule has 0 aliphatic heterocycles. The standard InChI is InChI=1S/C43H74NO8P/c1-6-8-10-12-14-16-18-20-22-24-26-28-30-32-34-36-43(46)52-41(40-51-53(47,48)50-38-37-44(3,4)5)39-49-42(45)35-33-31-29-27-25-23-21-19-17-15-13-11-9-7-2/h8,10,13-16,19-22,26,28,41H,6-7,9,11-12,17-18,23-25,27,29-40H2,1-5H3/p+1/b10-8-,15-13-,16-14-,21-19-,22-20-,28-26-/t41-/m1/s1. The van der Waals surface area contributed by atoms with Crippen molar-refractivity contribution < 1.29 is 42.1 Å². The predicted molar refractivity (Wildman–Crippen MR) is 219 cm³/mol. The van der Waals surface area contributed by atoms with Crippen molar-refractivity contribution in [1.29, 1.82) is 0 Å². The first-order valence-corrected chi connectivity index (χ1v) is 21.7. The topological polar surface area (TPSA) is 108 Å². The predicted octanol–water partition coefficient (Wildman–Crippen LogP) is 11.1. The second-order valence-electron chi connectivity index (χ2n) is 14.3. The summed E-state index contributed by atoms with van der Waals surface area (Å²) in [6.07, 6.45) is 42.4. The van der Waals surface area contributed by atoms with Gasteiger partial charge in [-0.2, -0.15) is 0 Å². The van der Waals surface area contributed by atoms with E-state index in [1.807, 2.05) is 21.1 Å². The third kappa shape index (κ3) is 39.0. The van der Waals surface area contributed by atoms with Crippen molar-refractivity contribution in [2.24, 2.45) is 0 Å². The highest BCUT2D eigenvalue weighted by Crippen LogP contribution is 2.43. The Hall–Kier alpha value is -2.55. The largest absolute Gasteiger partial charge is 0.472 e. The van der Waals surface area contributed by atoms with Crippen LogP contribution < -0.4 is 0 Å². The molecule has 0 saturated carbocycles. The van der Waals surface area contributed by atoms with E-state index in [0.717, 1.165) is 83.5 Å². The third-order valence-electron chi connectivity index (χ3n) is 7.97. The fourth-order valence-corrected chi connectivity index (χ4v) is 5.52. The van der Waals surface area contributed by atoms with Gasteiger partial charge in [0.2, 0.25) is 0 Å². The minimum atomic E-state index is -4.39. The van der Waals surface area contributed by atoms with E-state index in [1.54, 1.807) is 0 Å². The molecule has 2 atom stereocenters. The molecule has 53 heavy (non-hydrogen) atoms. The van der Waals surface area contributed by atoms with E-state index in [4.69, 9.17) is 18.5 Å². The number of quaternary nitrogens is 1. The third-order valence-corrected chi connectivity index (χ3v) is 8.95. The number of unbranched alkanes of at least 4 members (excludes halogenated alkanes) is 9.